The van der Waals surface area contributed by atoms with Crippen molar-refractivity contribution in [1.82, 2.24) is 0 Å². The molecule has 0 bridgehead atoms. The van der Waals surface area contributed by atoms with Crippen LogP contribution >= 0.6 is 0 Å². The van der Waals surface area contributed by atoms with Crippen molar-refractivity contribution in [3.05, 3.63) is 24.8 Å². The van der Waals surface area contributed by atoms with Crippen LogP contribution in [-0.2, 0) is 23.8 Å². The Morgan fingerprint density at radius 3 is 2.15 bits per heavy atom. The summed E-state index contributed by atoms with van der Waals surface area (Å²) in [7, 11) is 0. The molecule has 0 N–H and O–H groups in total. The lowest BCUT2D eigenvalue weighted by Gasteiger charge is -2.31. The van der Waals surface area contributed by atoms with Gasteiger partial charge in [-0.1, -0.05) is 87.1 Å². The minimum Gasteiger partial charge on any atom is -0.462 e. The number of esters is 2. The van der Waals surface area contributed by atoms with Gasteiger partial charge in [0.15, 0.2) is 6.10 Å². The first-order valence-corrected chi connectivity index (χ1v) is 12.3. The Hall–Kier alpha value is -1.62. The Morgan fingerprint density at radius 2 is 1.61 bits per heavy atom. The van der Waals surface area contributed by atoms with Crippen molar-refractivity contribution in [2.24, 2.45) is 22.2 Å². The van der Waals surface area contributed by atoms with E-state index in [2.05, 4.69) is 68.0 Å². The molecule has 0 aliphatic rings. The van der Waals surface area contributed by atoms with Crippen molar-refractivity contribution >= 4 is 11.9 Å². The molecule has 0 heterocycles. The zero-order chi connectivity index (χ0) is 25.7. The molecule has 192 valence electrons. The summed E-state index contributed by atoms with van der Waals surface area (Å²) >= 11 is 0. The van der Waals surface area contributed by atoms with Gasteiger partial charge in [-0.15, -0.1) is 0 Å². The highest BCUT2D eigenvalue weighted by molar-refractivity contribution is 5.70. The zero-order valence-corrected chi connectivity index (χ0v) is 22.8. The molecule has 0 aromatic carbocycles. The van der Waals surface area contributed by atoms with E-state index in [0.717, 1.165) is 12.8 Å². The molecule has 2 atom stereocenters. The van der Waals surface area contributed by atoms with E-state index in [9.17, 15) is 9.59 Å². The lowest BCUT2D eigenvalue weighted by Crippen LogP contribution is -2.33. The molecule has 33 heavy (non-hydrogen) atoms. The predicted octanol–water partition coefficient (Wildman–Crippen LogP) is 6.91. The monoisotopic (exact) mass is 466 g/mol. The quantitative estimate of drug-likeness (QED) is 0.183. The van der Waals surface area contributed by atoms with Crippen molar-refractivity contribution in [1.29, 1.82) is 0 Å². The van der Waals surface area contributed by atoms with Gasteiger partial charge in [-0.3, -0.25) is 9.59 Å². The van der Waals surface area contributed by atoms with E-state index in [-0.39, 0.29) is 41.4 Å². The first kappa shape index (κ1) is 31.4. The summed E-state index contributed by atoms with van der Waals surface area (Å²) < 4.78 is 17.0. The van der Waals surface area contributed by atoms with Gasteiger partial charge in [-0.25, -0.2) is 0 Å². The fraction of sp³-hybridized carbons (Fsp3) is 0.786. The third-order valence-corrected chi connectivity index (χ3v) is 5.06. The molecule has 5 nitrogen and oxygen atoms in total. The largest absolute Gasteiger partial charge is 0.462 e. The first-order valence-electron chi connectivity index (χ1n) is 12.3. The normalized spacial score (nSPS) is 14.7. The molecule has 0 amide bonds. The maximum atomic E-state index is 12.5. The Kier molecular flexibility index (Phi) is 13.9. The summed E-state index contributed by atoms with van der Waals surface area (Å²) in [5.41, 5.74) is -0.0842. The van der Waals surface area contributed by atoms with Crippen LogP contribution in [0.25, 0.3) is 0 Å². The van der Waals surface area contributed by atoms with E-state index >= 15 is 0 Å². The van der Waals surface area contributed by atoms with Crippen molar-refractivity contribution in [2.45, 2.75) is 101 Å². The number of allylic oxidation sites excluding steroid dienone is 3. The number of ether oxygens (including phenoxy) is 3. The second kappa shape index (κ2) is 14.6. The average molecular weight is 467 g/mol. The summed E-state index contributed by atoms with van der Waals surface area (Å²) in [5.74, 6) is -0.168. The van der Waals surface area contributed by atoms with Crippen molar-refractivity contribution in [2.75, 3.05) is 19.8 Å². The minimum atomic E-state index is -0.604. The van der Waals surface area contributed by atoms with Crippen LogP contribution in [0.5, 0.6) is 0 Å². The Bertz CT molecular complexity index is 625. The highest BCUT2D eigenvalue weighted by Gasteiger charge is 2.29. The highest BCUT2D eigenvalue weighted by atomic mass is 16.6. The van der Waals surface area contributed by atoms with Gasteiger partial charge in [0, 0.05) is 6.42 Å². The molecule has 0 rings (SSSR count). The maximum absolute atomic E-state index is 12.5. The molecule has 0 aromatic heterocycles. The lowest BCUT2D eigenvalue weighted by atomic mass is 9.74. The van der Waals surface area contributed by atoms with Gasteiger partial charge < -0.3 is 14.2 Å². The molecule has 0 radical (unpaired) electrons. The first-order chi connectivity index (χ1) is 15.1. The summed E-state index contributed by atoms with van der Waals surface area (Å²) in [6.45, 7) is 23.5. The molecule has 0 aliphatic heterocycles. The topological polar surface area (TPSA) is 61.8 Å². The number of carbonyl (C=O) groups is 2. The van der Waals surface area contributed by atoms with E-state index in [1.807, 2.05) is 13.0 Å². The SMILES string of the molecule is C=CC=CC(C)CC(C)(C)COCC(COC(=O)CC(C)(C)CC(C)(C)C)OC(=O)CCC. The summed E-state index contributed by atoms with van der Waals surface area (Å²) in [4.78, 5) is 24.5. The van der Waals surface area contributed by atoms with Crippen LogP contribution < -0.4 is 0 Å². The van der Waals surface area contributed by atoms with Crippen LogP contribution in [0.4, 0.5) is 0 Å². The van der Waals surface area contributed by atoms with Crippen LogP contribution in [0.15, 0.2) is 24.8 Å². The van der Waals surface area contributed by atoms with Crippen molar-refractivity contribution in [3.8, 4) is 0 Å². The second-order valence-corrected chi connectivity index (χ2v) is 12.1. The summed E-state index contributed by atoms with van der Waals surface area (Å²) in [6.07, 6.45) is 8.49. The second-order valence-electron chi connectivity index (χ2n) is 12.1. The average Bonchev–Trinajstić information content (AvgIpc) is 2.61. The zero-order valence-electron chi connectivity index (χ0n) is 22.8. The number of rotatable bonds is 16. The molecule has 0 spiro atoms. The van der Waals surface area contributed by atoms with E-state index in [1.54, 1.807) is 6.08 Å². The predicted molar refractivity (Wildman–Crippen MR) is 136 cm³/mol. The Labute approximate surface area is 203 Å². The molecule has 0 aliphatic carbocycles. The molecule has 5 heteroatoms. The number of hydrogen-bond acceptors (Lipinski definition) is 5. The smallest absolute Gasteiger partial charge is 0.306 e. The third kappa shape index (κ3) is 17.5. The number of carbonyl (C=O) groups excluding carboxylic acids is 2. The van der Waals surface area contributed by atoms with Crippen molar-refractivity contribution in [3.63, 3.8) is 0 Å². The highest BCUT2D eigenvalue weighted by Crippen LogP contribution is 2.36. The Morgan fingerprint density at radius 1 is 0.970 bits per heavy atom. The molecule has 0 aromatic rings. The van der Waals surface area contributed by atoms with Gasteiger partial charge in [-0.2, -0.15) is 0 Å². The van der Waals surface area contributed by atoms with Crippen LogP contribution in [-0.4, -0.2) is 37.9 Å². The van der Waals surface area contributed by atoms with Crippen LogP contribution in [0.1, 0.15) is 94.4 Å². The minimum absolute atomic E-state index is 0.0127. The van der Waals surface area contributed by atoms with Gasteiger partial charge >= 0.3 is 11.9 Å². The summed E-state index contributed by atoms with van der Waals surface area (Å²) in [5, 5.41) is 0. The van der Waals surface area contributed by atoms with E-state index in [4.69, 9.17) is 14.2 Å². The lowest BCUT2D eigenvalue weighted by molar-refractivity contribution is -0.164. The third-order valence-electron chi connectivity index (χ3n) is 5.06. The molecule has 0 saturated carbocycles. The van der Waals surface area contributed by atoms with E-state index in [0.29, 0.717) is 31.8 Å². The van der Waals surface area contributed by atoms with Gasteiger partial charge in [0.05, 0.1) is 19.6 Å². The standard InChI is InChI=1S/C28H50O5/c1-11-13-15-22(3)16-28(9,10)21-31-18-23(33-24(29)14-12-2)19-32-25(30)17-27(7,8)20-26(4,5)6/h11,13,15,22-23H,1,12,14,16-21H2,2-10H3. The van der Waals surface area contributed by atoms with E-state index in [1.165, 1.54) is 0 Å². The van der Waals surface area contributed by atoms with Gasteiger partial charge in [0.2, 0.25) is 0 Å². The molecule has 2 unspecified atom stereocenters. The molecule has 0 fully saturated rings. The van der Waals surface area contributed by atoms with Crippen LogP contribution in [0.2, 0.25) is 0 Å². The summed E-state index contributed by atoms with van der Waals surface area (Å²) in [6, 6.07) is 0. The Balaban J connectivity index is 4.83. The maximum Gasteiger partial charge on any atom is 0.306 e. The van der Waals surface area contributed by atoms with Crippen molar-refractivity contribution < 1.29 is 23.8 Å². The van der Waals surface area contributed by atoms with Gasteiger partial charge in [0.25, 0.3) is 0 Å². The van der Waals surface area contributed by atoms with Gasteiger partial charge in [0.1, 0.15) is 6.61 Å². The fourth-order valence-electron chi connectivity index (χ4n) is 4.42. The molecular formula is C28H50O5. The molecular weight excluding hydrogens is 416 g/mol. The van der Waals surface area contributed by atoms with Gasteiger partial charge in [-0.05, 0) is 41.4 Å². The van der Waals surface area contributed by atoms with Crippen LogP contribution in [0, 0.1) is 22.2 Å². The fourth-order valence-corrected chi connectivity index (χ4v) is 4.42. The van der Waals surface area contributed by atoms with E-state index < -0.39 is 6.10 Å². The van der Waals surface area contributed by atoms with Crippen LogP contribution in [0.3, 0.4) is 0 Å². The molecule has 0 saturated heterocycles. The number of hydrogen-bond donors (Lipinski definition) is 0.